The number of anilines is 1. The molecule has 0 aliphatic heterocycles. The molecule has 0 aliphatic carbocycles. The third-order valence-electron chi connectivity index (χ3n) is 3.77. The average Bonchev–Trinajstić information content (AvgIpc) is 3.14. The Morgan fingerprint density at radius 3 is 2.36 bits per heavy atom. The predicted molar refractivity (Wildman–Crippen MR) is 108 cm³/mol. The molecule has 0 atom stereocenters. The summed E-state index contributed by atoms with van der Waals surface area (Å²) in [7, 11) is -3.99. The molecule has 6 nitrogen and oxygen atoms in total. The van der Waals surface area contributed by atoms with Crippen molar-refractivity contribution in [2.45, 2.75) is 11.4 Å². The van der Waals surface area contributed by atoms with E-state index in [9.17, 15) is 13.2 Å². The van der Waals surface area contributed by atoms with Gasteiger partial charge in [0.25, 0.3) is 0 Å². The fourth-order valence-electron chi connectivity index (χ4n) is 2.51. The Hall–Kier alpha value is -2.32. The first kappa shape index (κ1) is 20.4. The summed E-state index contributed by atoms with van der Waals surface area (Å²) in [5.41, 5.74) is 0.468. The Bertz CT molecular complexity index is 1070. The van der Waals surface area contributed by atoms with Gasteiger partial charge >= 0.3 is 0 Å². The minimum absolute atomic E-state index is 0.0119. The number of hydrogen-bond donors (Lipinski definition) is 1. The molecular weight excluding hydrogens is 423 g/mol. The molecule has 146 valence electrons. The summed E-state index contributed by atoms with van der Waals surface area (Å²) in [6, 6.07) is 15.7. The Morgan fingerprint density at radius 2 is 1.71 bits per heavy atom. The minimum Gasteiger partial charge on any atom is -0.468 e. The zero-order valence-corrected chi connectivity index (χ0v) is 16.8. The van der Waals surface area contributed by atoms with E-state index in [-0.39, 0.29) is 16.5 Å². The summed E-state index contributed by atoms with van der Waals surface area (Å²) in [6.07, 6.45) is 1.44. The average molecular weight is 439 g/mol. The molecule has 0 bridgehead atoms. The van der Waals surface area contributed by atoms with Gasteiger partial charge in [0.05, 0.1) is 24.2 Å². The molecule has 1 aromatic heterocycles. The van der Waals surface area contributed by atoms with E-state index in [2.05, 4.69) is 5.32 Å². The summed E-state index contributed by atoms with van der Waals surface area (Å²) >= 11 is 11.8. The summed E-state index contributed by atoms with van der Waals surface area (Å²) in [5.74, 6) is -0.111. The van der Waals surface area contributed by atoms with Crippen LogP contribution in [0.15, 0.2) is 76.2 Å². The van der Waals surface area contributed by atoms with Gasteiger partial charge in [-0.1, -0.05) is 35.3 Å². The fraction of sp³-hybridized carbons (Fsp3) is 0.105. The molecule has 0 spiro atoms. The van der Waals surface area contributed by atoms with Gasteiger partial charge in [-0.2, -0.15) is 4.31 Å². The summed E-state index contributed by atoms with van der Waals surface area (Å²) in [6.45, 7) is -0.521. The monoisotopic (exact) mass is 438 g/mol. The van der Waals surface area contributed by atoms with Gasteiger partial charge in [-0.25, -0.2) is 8.42 Å². The van der Waals surface area contributed by atoms with Gasteiger partial charge in [0.2, 0.25) is 15.9 Å². The van der Waals surface area contributed by atoms with E-state index in [0.717, 1.165) is 4.31 Å². The first-order chi connectivity index (χ1) is 13.3. The van der Waals surface area contributed by atoms with Gasteiger partial charge in [0, 0.05) is 15.7 Å². The molecule has 0 aliphatic rings. The van der Waals surface area contributed by atoms with E-state index in [0.29, 0.717) is 16.5 Å². The molecule has 3 aromatic rings. The summed E-state index contributed by atoms with van der Waals surface area (Å²) in [5, 5.41) is 3.38. The van der Waals surface area contributed by atoms with Gasteiger partial charge < -0.3 is 9.73 Å². The first-order valence-corrected chi connectivity index (χ1v) is 10.4. The molecule has 28 heavy (non-hydrogen) atoms. The number of benzene rings is 2. The van der Waals surface area contributed by atoms with Crippen LogP contribution in [-0.2, 0) is 21.4 Å². The standard InChI is InChI=1S/C19H16Cl2N2O4S/c20-14-4-1-6-16(10-14)22-19(24)13-23(12-17-7-3-9-27-17)28(25,26)18-8-2-5-15(21)11-18/h1-11H,12-13H2,(H,22,24). The number of nitrogens with zero attached hydrogens (tertiary/aromatic N) is 1. The number of sulfonamides is 1. The number of amides is 1. The molecule has 0 unspecified atom stereocenters. The maximum atomic E-state index is 13.1. The number of hydrogen-bond acceptors (Lipinski definition) is 4. The van der Waals surface area contributed by atoms with Gasteiger partial charge in [-0.05, 0) is 48.5 Å². The van der Waals surface area contributed by atoms with Crippen LogP contribution in [0.1, 0.15) is 5.76 Å². The highest BCUT2D eigenvalue weighted by Gasteiger charge is 2.28. The van der Waals surface area contributed by atoms with E-state index >= 15 is 0 Å². The highest BCUT2D eigenvalue weighted by atomic mass is 35.5. The maximum absolute atomic E-state index is 13.1. The Kier molecular flexibility index (Phi) is 6.41. The van der Waals surface area contributed by atoms with Gasteiger partial charge in [0.15, 0.2) is 0 Å². The number of nitrogens with one attached hydrogen (secondary N) is 1. The van der Waals surface area contributed by atoms with Crippen LogP contribution < -0.4 is 5.32 Å². The van der Waals surface area contributed by atoms with Crippen LogP contribution in [-0.4, -0.2) is 25.2 Å². The smallest absolute Gasteiger partial charge is 0.244 e. The molecule has 1 amide bonds. The molecule has 0 saturated heterocycles. The van der Waals surface area contributed by atoms with Crippen LogP contribution in [0, 0.1) is 0 Å². The van der Waals surface area contributed by atoms with E-state index in [1.54, 1.807) is 42.5 Å². The molecule has 9 heteroatoms. The van der Waals surface area contributed by atoms with E-state index in [1.165, 1.54) is 24.5 Å². The molecule has 0 radical (unpaired) electrons. The van der Waals surface area contributed by atoms with Crippen molar-refractivity contribution < 1.29 is 17.6 Å². The van der Waals surface area contributed by atoms with Crippen LogP contribution in [0.5, 0.6) is 0 Å². The van der Waals surface area contributed by atoms with Gasteiger partial charge in [-0.15, -0.1) is 0 Å². The van der Waals surface area contributed by atoms with E-state index < -0.39 is 22.5 Å². The quantitative estimate of drug-likeness (QED) is 0.591. The predicted octanol–water partition coefficient (Wildman–Crippen LogP) is 4.42. The normalized spacial score (nSPS) is 11.5. The van der Waals surface area contributed by atoms with E-state index in [4.69, 9.17) is 27.6 Å². The van der Waals surface area contributed by atoms with Crippen molar-refractivity contribution in [3.63, 3.8) is 0 Å². The lowest BCUT2D eigenvalue weighted by atomic mass is 10.3. The van der Waals surface area contributed by atoms with Crippen LogP contribution in [0.25, 0.3) is 0 Å². The molecule has 1 N–H and O–H groups in total. The van der Waals surface area contributed by atoms with E-state index in [1.807, 2.05) is 0 Å². The number of furan rings is 1. The summed E-state index contributed by atoms with van der Waals surface area (Å²) in [4.78, 5) is 12.5. The van der Waals surface area contributed by atoms with Crippen molar-refractivity contribution in [1.82, 2.24) is 4.31 Å². The lowest BCUT2D eigenvalue weighted by molar-refractivity contribution is -0.116. The highest BCUT2D eigenvalue weighted by molar-refractivity contribution is 7.89. The second-order valence-electron chi connectivity index (χ2n) is 5.87. The van der Waals surface area contributed by atoms with Gasteiger partial charge in [-0.3, -0.25) is 4.79 Å². The van der Waals surface area contributed by atoms with Crippen LogP contribution in [0.4, 0.5) is 5.69 Å². The highest BCUT2D eigenvalue weighted by Crippen LogP contribution is 2.22. The maximum Gasteiger partial charge on any atom is 0.244 e. The van der Waals surface area contributed by atoms with Crippen molar-refractivity contribution in [3.05, 3.63) is 82.7 Å². The Morgan fingerprint density at radius 1 is 1.00 bits per heavy atom. The fourth-order valence-corrected chi connectivity index (χ4v) is 4.36. The van der Waals surface area contributed by atoms with Crippen molar-refractivity contribution in [2.75, 3.05) is 11.9 Å². The molecule has 3 rings (SSSR count). The lowest BCUT2D eigenvalue weighted by Gasteiger charge is -2.21. The lowest BCUT2D eigenvalue weighted by Crippen LogP contribution is -2.37. The molecule has 0 fully saturated rings. The number of carbonyl (C=O) groups excluding carboxylic acids is 1. The van der Waals surface area contributed by atoms with Crippen LogP contribution >= 0.6 is 23.2 Å². The summed E-state index contributed by atoms with van der Waals surface area (Å²) < 4.78 is 32.4. The first-order valence-electron chi connectivity index (χ1n) is 8.18. The van der Waals surface area contributed by atoms with Crippen molar-refractivity contribution >= 4 is 44.8 Å². The molecule has 2 aromatic carbocycles. The third kappa shape index (κ3) is 5.14. The number of rotatable bonds is 7. The van der Waals surface area contributed by atoms with Crippen molar-refractivity contribution in [1.29, 1.82) is 0 Å². The topological polar surface area (TPSA) is 79.6 Å². The molecule has 0 saturated carbocycles. The SMILES string of the molecule is O=C(CN(Cc1ccco1)S(=O)(=O)c1cccc(Cl)c1)Nc1cccc(Cl)c1. The molecule has 1 heterocycles. The second kappa shape index (κ2) is 8.79. The van der Waals surface area contributed by atoms with Gasteiger partial charge in [0.1, 0.15) is 5.76 Å². The Balaban J connectivity index is 1.85. The zero-order chi connectivity index (χ0) is 20.1. The van der Waals surface area contributed by atoms with Crippen LogP contribution in [0.2, 0.25) is 10.0 Å². The van der Waals surface area contributed by atoms with Crippen molar-refractivity contribution in [2.24, 2.45) is 0 Å². The molecular formula is C19H16Cl2N2O4S. The second-order valence-corrected chi connectivity index (χ2v) is 8.68. The number of halogens is 2. The third-order valence-corrected chi connectivity index (χ3v) is 6.03. The largest absolute Gasteiger partial charge is 0.468 e. The van der Waals surface area contributed by atoms with Crippen LogP contribution in [0.3, 0.4) is 0 Å². The number of carbonyl (C=O) groups is 1. The van der Waals surface area contributed by atoms with Crippen molar-refractivity contribution in [3.8, 4) is 0 Å². The minimum atomic E-state index is -3.99. The Labute approximate surface area is 172 Å². The zero-order valence-electron chi connectivity index (χ0n) is 14.5.